The SMILES string of the molecule is N#Cc1c(N)sc2c(F)ccc(-c3c(C(F)(F)F)cc4c(N5C6CCC5CNC6)nc(OCC5CCOCC5)nc4c3F)c12. The van der Waals surface area contributed by atoms with Crippen LogP contribution in [0, 0.1) is 28.9 Å². The van der Waals surface area contributed by atoms with E-state index in [0.29, 0.717) is 26.3 Å². The summed E-state index contributed by atoms with van der Waals surface area (Å²) >= 11 is 0.722. The number of nitrogens with zero attached hydrogens (tertiary/aromatic N) is 4. The van der Waals surface area contributed by atoms with Gasteiger partial charge in [-0.05, 0) is 49.3 Å². The number of hydrogen-bond donors (Lipinski definition) is 2. The van der Waals surface area contributed by atoms with Gasteiger partial charge in [-0.15, -0.1) is 11.3 Å². The lowest BCUT2D eigenvalue weighted by molar-refractivity contribution is -0.137. The van der Waals surface area contributed by atoms with E-state index >= 15 is 4.39 Å². The van der Waals surface area contributed by atoms with Gasteiger partial charge in [0.25, 0.3) is 0 Å². The minimum Gasteiger partial charge on any atom is -0.463 e. The number of nitrogens with two attached hydrogens (primary N) is 1. The van der Waals surface area contributed by atoms with Crippen LogP contribution in [0.5, 0.6) is 6.01 Å². The number of nitriles is 1. The molecule has 8 nitrogen and oxygen atoms in total. The van der Waals surface area contributed by atoms with E-state index in [-0.39, 0.29) is 73.6 Å². The highest BCUT2D eigenvalue weighted by Gasteiger charge is 2.42. The van der Waals surface area contributed by atoms with E-state index < -0.39 is 28.9 Å². The smallest absolute Gasteiger partial charge is 0.417 e. The van der Waals surface area contributed by atoms with Gasteiger partial charge < -0.3 is 25.4 Å². The Morgan fingerprint density at radius 2 is 1.84 bits per heavy atom. The average molecular weight is 631 g/mol. The molecule has 3 aliphatic heterocycles. The number of halogens is 5. The van der Waals surface area contributed by atoms with Crippen molar-refractivity contribution in [2.24, 2.45) is 5.92 Å². The molecule has 0 spiro atoms. The van der Waals surface area contributed by atoms with Crippen molar-refractivity contribution in [3.05, 3.63) is 41.0 Å². The predicted molar refractivity (Wildman–Crippen MR) is 156 cm³/mol. The molecule has 230 valence electrons. The Kier molecular flexibility index (Phi) is 7.22. The highest BCUT2D eigenvalue weighted by atomic mass is 32.1. The van der Waals surface area contributed by atoms with Crippen molar-refractivity contribution in [3.63, 3.8) is 0 Å². The van der Waals surface area contributed by atoms with E-state index in [1.807, 2.05) is 11.0 Å². The number of thiophene rings is 1. The summed E-state index contributed by atoms with van der Waals surface area (Å²) in [5.74, 6) is -1.70. The van der Waals surface area contributed by atoms with E-state index in [9.17, 15) is 22.8 Å². The lowest BCUT2D eigenvalue weighted by Crippen LogP contribution is -2.52. The molecule has 3 N–H and O–H groups in total. The monoisotopic (exact) mass is 630 g/mol. The Morgan fingerprint density at radius 1 is 1.11 bits per heavy atom. The number of nitrogen functional groups attached to an aromatic ring is 1. The molecule has 0 radical (unpaired) electrons. The summed E-state index contributed by atoms with van der Waals surface area (Å²) in [6, 6.07) is 4.48. The molecule has 44 heavy (non-hydrogen) atoms. The number of fused-ring (bicyclic) bond motifs is 4. The molecule has 0 amide bonds. The van der Waals surface area contributed by atoms with Gasteiger partial charge in [0.2, 0.25) is 0 Å². The Balaban J connectivity index is 1.49. The number of alkyl halides is 3. The molecule has 2 atom stereocenters. The second-order valence-electron chi connectivity index (χ2n) is 11.4. The summed E-state index contributed by atoms with van der Waals surface area (Å²) < 4.78 is 87.4. The van der Waals surface area contributed by atoms with E-state index in [1.54, 1.807) is 0 Å². The van der Waals surface area contributed by atoms with Gasteiger partial charge in [-0.2, -0.15) is 28.4 Å². The van der Waals surface area contributed by atoms with Crippen molar-refractivity contribution in [1.82, 2.24) is 15.3 Å². The van der Waals surface area contributed by atoms with E-state index in [4.69, 9.17) is 15.2 Å². The Labute approximate surface area is 252 Å². The van der Waals surface area contributed by atoms with E-state index in [0.717, 1.165) is 55.2 Å². The highest BCUT2D eigenvalue weighted by Crippen LogP contribution is 2.48. The van der Waals surface area contributed by atoms with Gasteiger partial charge in [0, 0.05) is 54.7 Å². The van der Waals surface area contributed by atoms with Crippen molar-refractivity contribution in [1.29, 1.82) is 5.26 Å². The van der Waals surface area contributed by atoms with Crippen molar-refractivity contribution in [2.75, 3.05) is 43.5 Å². The van der Waals surface area contributed by atoms with Crippen LogP contribution in [0.25, 0.3) is 32.1 Å². The molecule has 2 aromatic heterocycles. The van der Waals surface area contributed by atoms with E-state index in [1.165, 1.54) is 0 Å². The Hall–Kier alpha value is -3.80. The standard InChI is InChI=1S/C30H27F5N6O2S/c31-21-4-3-17(22-19(10-36)27(37)44-26(21)22)23-20(30(33,34)35)9-18-25(24(23)32)39-29(43-13-14-5-7-42-8-6-14)40-28(18)41-15-1-2-16(41)12-38-11-15/h3-4,9,14-16,38H,1-2,5-8,11-13,37H2. The maximum atomic E-state index is 16.9. The molecule has 7 rings (SSSR count). The van der Waals surface area contributed by atoms with Crippen LogP contribution in [-0.4, -0.2) is 55.0 Å². The van der Waals surface area contributed by atoms with Gasteiger partial charge in [-0.3, -0.25) is 0 Å². The lowest BCUT2D eigenvalue weighted by Gasteiger charge is -2.37. The van der Waals surface area contributed by atoms with Gasteiger partial charge in [0.15, 0.2) is 5.82 Å². The number of hydrogen-bond acceptors (Lipinski definition) is 9. The van der Waals surface area contributed by atoms with Crippen molar-refractivity contribution in [2.45, 2.75) is 43.9 Å². The molecule has 2 bridgehead atoms. The van der Waals surface area contributed by atoms with Gasteiger partial charge in [-0.25, -0.2) is 8.78 Å². The first-order valence-corrected chi connectivity index (χ1v) is 15.2. The topological polar surface area (TPSA) is 109 Å². The normalized spacial score (nSPS) is 20.9. The van der Waals surface area contributed by atoms with Crippen molar-refractivity contribution >= 4 is 43.1 Å². The summed E-state index contributed by atoms with van der Waals surface area (Å²) in [7, 11) is 0. The fourth-order valence-electron chi connectivity index (χ4n) is 6.68. The first-order valence-electron chi connectivity index (χ1n) is 14.4. The number of ether oxygens (including phenoxy) is 2. The molecule has 3 saturated heterocycles. The van der Waals surface area contributed by atoms with Crippen LogP contribution in [0.1, 0.15) is 36.8 Å². The minimum absolute atomic E-state index is 0.0454. The maximum absolute atomic E-state index is 16.9. The van der Waals surface area contributed by atoms with Crippen LogP contribution < -0.4 is 20.7 Å². The zero-order valence-electron chi connectivity index (χ0n) is 23.3. The Morgan fingerprint density at radius 3 is 2.52 bits per heavy atom. The molecule has 2 unspecified atom stereocenters. The summed E-state index contributed by atoms with van der Waals surface area (Å²) in [5, 5.41) is 12.7. The third-order valence-electron chi connectivity index (χ3n) is 8.81. The number of piperazine rings is 1. The predicted octanol–water partition coefficient (Wildman–Crippen LogP) is 6.01. The zero-order chi connectivity index (χ0) is 30.7. The first kappa shape index (κ1) is 28.9. The quantitative estimate of drug-likeness (QED) is 0.258. The molecule has 5 heterocycles. The highest BCUT2D eigenvalue weighted by molar-refractivity contribution is 7.23. The summed E-state index contributed by atoms with van der Waals surface area (Å²) in [6.07, 6.45) is -1.88. The molecule has 3 aliphatic rings. The van der Waals surface area contributed by atoms with Crippen LogP contribution in [-0.2, 0) is 10.9 Å². The van der Waals surface area contributed by atoms with Crippen LogP contribution in [0.4, 0.5) is 32.8 Å². The van der Waals surface area contributed by atoms with Crippen LogP contribution in [0.3, 0.4) is 0 Å². The fraction of sp³-hybridized carbons (Fsp3) is 0.433. The molecule has 3 fully saturated rings. The number of rotatable bonds is 5. The molecule has 2 aromatic carbocycles. The number of nitrogens with one attached hydrogen (secondary N) is 1. The molecule has 14 heteroatoms. The van der Waals surface area contributed by atoms with Crippen LogP contribution in [0.15, 0.2) is 18.2 Å². The third kappa shape index (κ3) is 4.78. The third-order valence-corrected chi connectivity index (χ3v) is 9.84. The average Bonchev–Trinajstić information content (AvgIpc) is 3.47. The van der Waals surface area contributed by atoms with Crippen LogP contribution in [0.2, 0.25) is 0 Å². The summed E-state index contributed by atoms with van der Waals surface area (Å²) in [6.45, 7) is 2.64. The van der Waals surface area contributed by atoms with Crippen molar-refractivity contribution < 1.29 is 31.4 Å². The minimum atomic E-state index is -5.02. The molecule has 4 aromatic rings. The number of aromatic nitrogens is 2. The van der Waals surface area contributed by atoms with Gasteiger partial charge in [0.05, 0.1) is 22.4 Å². The van der Waals surface area contributed by atoms with Gasteiger partial charge >= 0.3 is 12.2 Å². The van der Waals surface area contributed by atoms with Crippen LogP contribution >= 0.6 is 11.3 Å². The lowest BCUT2D eigenvalue weighted by atomic mass is 9.92. The van der Waals surface area contributed by atoms with Gasteiger partial charge in [0.1, 0.15) is 28.2 Å². The van der Waals surface area contributed by atoms with Gasteiger partial charge in [-0.1, -0.05) is 6.07 Å². The molecular formula is C30H27F5N6O2S. The Bertz CT molecular complexity index is 1800. The number of anilines is 2. The second kappa shape index (κ2) is 11.0. The molecule has 0 saturated carbocycles. The number of benzene rings is 2. The fourth-order valence-corrected chi connectivity index (χ4v) is 7.63. The van der Waals surface area contributed by atoms with E-state index in [2.05, 4.69) is 15.3 Å². The molecular weight excluding hydrogens is 603 g/mol. The maximum Gasteiger partial charge on any atom is 0.417 e. The summed E-state index contributed by atoms with van der Waals surface area (Å²) in [4.78, 5) is 10.9. The second-order valence-corrected chi connectivity index (χ2v) is 12.5. The zero-order valence-corrected chi connectivity index (χ0v) is 24.1. The summed E-state index contributed by atoms with van der Waals surface area (Å²) in [5.41, 5.74) is 2.95. The molecule has 0 aliphatic carbocycles. The first-order chi connectivity index (χ1) is 21.2. The van der Waals surface area contributed by atoms with Crippen molar-refractivity contribution in [3.8, 4) is 23.2 Å². The largest absolute Gasteiger partial charge is 0.463 e.